The van der Waals surface area contributed by atoms with Gasteiger partial charge in [0.15, 0.2) is 0 Å². The fourth-order valence-electron chi connectivity index (χ4n) is 1.74. The summed E-state index contributed by atoms with van der Waals surface area (Å²) in [5.74, 6) is 0. The van der Waals surface area contributed by atoms with Gasteiger partial charge >= 0.3 is 0 Å². The van der Waals surface area contributed by atoms with E-state index in [1.54, 1.807) is 0 Å². The Bertz CT molecular complexity index is 274. The molecule has 17 heavy (non-hydrogen) atoms. The van der Waals surface area contributed by atoms with Crippen molar-refractivity contribution in [3.63, 3.8) is 0 Å². The van der Waals surface area contributed by atoms with E-state index >= 15 is 0 Å². The van der Waals surface area contributed by atoms with Gasteiger partial charge in [-0.25, -0.2) is 0 Å². The van der Waals surface area contributed by atoms with Crippen LogP contribution in [0.3, 0.4) is 0 Å². The normalized spacial score (nSPS) is 12.6. The Morgan fingerprint density at radius 1 is 1.12 bits per heavy atom. The summed E-state index contributed by atoms with van der Waals surface area (Å²) in [6.07, 6.45) is 4.67. The van der Waals surface area contributed by atoms with E-state index in [0.29, 0.717) is 6.04 Å². The minimum Gasteiger partial charge on any atom is -0.381 e. The van der Waals surface area contributed by atoms with Gasteiger partial charge in [0.2, 0.25) is 0 Å². The molecule has 1 N–H and O–H groups in total. The van der Waals surface area contributed by atoms with Gasteiger partial charge < -0.3 is 10.1 Å². The topological polar surface area (TPSA) is 21.3 Å². The monoisotopic (exact) mass is 235 g/mol. The Labute approximate surface area is 105 Å². The Balaban J connectivity index is 1.91. The van der Waals surface area contributed by atoms with E-state index in [4.69, 9.17) is 4.74 Å². The second-order valence-electron chi connectivity index (χ2n) is 4.53. The number of ether oxygens (including phenoxy) is 1. The van der Waals surface area contributed by atoms with Crippen LogP contribution in [0.1, 0.15) is 31.7 Å². The molecule has 0 amide bonds. The lowest BCUT2D eigenvalue weighted by Gasteiger charge is -2.09. The van der Waals surface area contributed by atoms with Crippen LogP contribution in [0.4, 0.5) is 0 Å². The summed E-state index contributed by atoms with van der Waals surface area (Å²) in [6, 6.07) is 11.1. The van der Waals surface area contributed by atoms with E-state index in [1.165, 1.54) is 24.8 Å². The molecule has 1 aromatic rings. The quantitative estimate of drug-likeness (QED) is 0.664. The fraction of sp³-hybridized carbons (Fsp3) is 0.600. The van der Waals surface area contributed by atoms with Gasteiger partial charge in [-0.2, -0.15) is 0 Å². The average molecular weight is 235 g/mol. The zero-order chi connectivity index (χ0) is 12.3. The van der Waals surface area contributed by atoms with Gasteiger partial charge in [-0.05, 0) is 45.2 Å². The van der Waals surface area contributed by atoms with Crippen LogP contribution in [-0.2, 0) is 11.2 Å². The van der Waals surface area contributed by atoms with E-state index in [9.17, 15) is 0 Å². The predicted molar refractivity (Wildman–Crippen MR) is 73.3 cm³/mol. The van der Waals surface area contributed by atoms with Crippen LogP contribution >= 0.6 is 0 Å². The van der Waals surface area contributed by atoms with Crippen molar-refractivity contribution in [2.75, 3.05) is 20.3 Å². The predicted octanol–water partition coefficient (Wildman–Crippen LogP) is 3.02. The van der Waals surface area contributed by atoms with Crippen molar-refractivity contribution in [3.8, 4) is 0 Å². The second-order valence-corrected chi connectivity index (χ2v) is 4.53. The molecular weight excluding hydrogens is 210 g/mol. The van der Waals surface area contributed by atoms with E-state index in [0.717, 1.165) is 19.6 Å². The zero-order valence-corrected chi connectivity index (χ0v) is 11.1. The number of hydrogen-bond acceptors (Lipinski definition) is 2. The third-order valence-corrected chi connectivity index (χ3v) is 3.05. The Kier molecular flexibility index (Phi) is 7.69. The molecule has 0 heterocycles. The minimum absolute atomic E-state index is 0.624. The third kappa shape index (κ3) is 7.14. The fourth-order valence-corrected chi connectivity index (χ4v) is 1.74. The molecule has 0 aliphatic rings. The minimum atomic E-state index is 0.624. The highest BCUT2D eigenvalue weighted by Gasteiger charge is 1.97. The first-order valence-electron chi connectivity index (χ1n) is 6.62. The van der Waals surface area contributed by atoms with Crippen molar-refractivity contribution in [2.24, 2.45) is 0 Å². The lowest BCUT2D eigenvalue weighted by Crippen LogP contribution is -2.20. The molecule has 0 fully saturated rings. The summed E-state index contributed by atoms with van der Waals surface area (Å²) in [4.78, 5) is 0. The van der Waals surface area contributed by atoms with Crippen LogP contribution in [0.25, 0.3) is 0 Å². The molecule has 1 rings (SSSR count). The summed E-state index contributed by atoms with van der Waals surface area (Å²) in [5.41, 5.74) is 1.36. The molecule has 0 aromatic heterocycles. The van der Waals surface area contributed by atoms with E-state index in [-0.39, 0.29) is 0 Å². The molecule has 1 aromatic carbocycles. The van der Waals surface area contributed by atoms with Crippen LogP contribution in [-0.4, -0.2) is 26.3 Å². The van der Waals surface area contributed by atoms with Gasteiger partial charge in [0.25, 0.3) is 0 Å². The zero-order valence-electron chi connectivity index (χ0n) is 11.1. The van der Waals surface area contributed by atoms with Crippen LogP contribution in [0.2, 0.25) is 0 Å². The maximum Gasteiger partial charge on any atom is 0.0506 e. The second kappa shape index (κ2) is 9.20. The molecule has 1 atom stereocenters. The van der Waals surface area contributed by atoms with Crippen LogP contribution < -0.4 is 5.32 Å². The first-order valence-corrected chi connectivity index (χ1v) is 6.62. The standard InChI is InChI=1S/C15H25NO/c1-14(16-2)8-6-7-12-17-13-11-15-9-4-3-5-10-15/h3-5,9-10,14,16H,6-8,11-13H2,1-2H3. The molecule has 2 heteroatoms. The summed E-state index contributed by atoms with van der Waals surface area (Å²) in [7, 11) is 2.01. The van der Waals surface area contributed by atoms with Crippen molar-refractivity contribution in [1.82, 2.24) is 5.32 Å². The molecule has 1 unspecified atom stereocenters. The maximum atomic E-state index is 5.63. The van der Waals surface area contributed by atoms with Crippen molar-refractivity contribution < 1.29 is 4.74 Å². The van der Waals surface area contributed by atoms with Gasteiger partial charge in [0, 0.05) is 12.6 Å². The maximum absolute atomic E-state index is 5.63. The summed E-state index contributed by atoms with van der Waals surface area (Å²) in [6.45, 7) is 3.95. The number of hydrogen-bond donors (Lipinski definition) is 1. The molecule has 0 spiro atoms. The lowest BCUT2D eigenvalue weighted by molar-refractivity contribution is 0.132. The molecule has 0 radical (unpaired) electrons. The number of nitrogens with one attached hydrogen (secondary N) is 1. The van der Waals surface area contributed by atoms with Gasteiger partial charge in [-0.1, -0.05) is 30.3 Å². The molecule has 0 saturated heterocycles. The van der Waals surface area contributed by atoms with Crippen molar-refractivity contribution in [3.05, 3.63) is 35.9 Å². The van der Waals surface area contributed by atoms with Crippen LogP contribution in [0.15, 0.2) is 30.3 Å². The van der Waals surface area contributed by atoms with Gasteiger partial charge in [0.05, 0.1) is 6.61 Å². The average Bonchev–Trinajstić information content (AvgIpc) is 2.38. The Hall–Kier alpha value is -0.860. The van der Waals surface area contributed by atoms with Crippen LogP contribution in [0, 0.1) is 0 Å². The highest BCUT2D eigenvalue weighted by molar-refractivity contribution is 5.14. The molecule has 96 valence electrons. The molecular formula is C15H25NO. The SMILES string of the molecule is CNC(C)CCCCOCCc1ccccc1. The number of benzene rings is 1. The summed E-state index contributed by atoms with van der Waals surface area (Å²) in [5, 5.41) is 3.25. The van der Waals surface area contributed by atoms with Crippen molar-refractivity contribution in [1.29, 1.82) is 0 Å². The molecule has 0 bridgehead atoms. The Morgan fingerprint density at radius 3 is 2.59 bits per heavy atom. The van der Waals surface area contributed by atoms with Gasteiger partial charge in [-0.3, -0.25) is 0 Å². The van der Waals surface area contributed by atoms with Crippen LogP contribution in [0.5, 0.6) is 0 Å². The Morgan fingerprint density at radius 2 is 1.88 bits per heavy atom. The largest absolute Gasteiger partial charge is 0.381 e. The highest BCUT2D eigenvalue weighted by atomic mass is 16.5. The first kappa shape index (κ1) is 14.2. The molecule has 0 saturated carbocycles. The smallest absolute Gasteiger partial charge is 0.0506 e. The molecule has 0 aliphatic heterocycles. The van der Waals surface area contributed by atoms with E-state index in [1.807, 2.05) is 13.1 Å². The number of unbranched alkanes of at least 4 members (excludes halogenated alkanes) is 1. The lowest BCUT2D eigenvalue weighted by atomic mass is 10.1. The summed E-state index contributed by atoms with van der Waals surface area (Å²) >= 11 is 0. The van der Waals surface area contributed by atoms with Crippen molar-refractivity contribution >= 4 is 0 Å². The van der Waals surface area contributed by atoms with Gasteiger partial charge in [0.1, 0.15) is 0 Å². The summed E-state index contributed by atoms with van der Waals surface area (Å²) < 4.78 is 5.63. The van der Waals surface area contributed by atoms with Crippen molar-refractivity contribution in [2.45, 2.75) is 38.6 Å². The van der Waals surface area contributed by atoms with E-state index in [2.05, 4.69) is 36.5 Å². The third-order valence-electron chi connectivity index (χ3n) is 3.05. The van der Waals surface area contributed by atoms with Gasteiger partial charge in [-0.15, -0.1) is 0 Å². The first-order chi connectivity index (χ1) is 8.33. The van der Waals surface area contributed by atoms with E-state index < -0.39 is 0 Å². The molecule has 2 nitrogen and oxygen atoms in total. The molecule has 0 aliphatic carbocycles. The number of rotatable bonds is 9. The highest BCUT2D eigenvalue weighted by Crippen LogP contribution is 2.02.